The minimum absolute atomic E-state index is 0.0227. The third kappa shape index (κ3) is 3.67. The summed E-state index contributed by atoms with van der Waals surface area (Å²) in [6.07, 6.45) is 0.689. The summed E-state index contributed by atoms with van der Waals surface area (Å²) in [5.74, 6) is 0.891. The minimum Gasteiger partial charge on any atom is -0.438 e. The highest BCUT2D eigenvalue weighted by Crippen LogP contribution is 2.23. The van der Waals surface area contributed by atoms with Crippen LogP contribution in [0.4, 0.5) is 0 Å². The fraction of sp³-hybridized carbons (Fsp3) is 0.167. The van der Waals surface area contributed by atoms with Crippen molar-refractivity contribution in [3.05, 3.63) is 58.6 Å². The van der Waals surface area contributed by atoms with Gasteiger partial charge in [0.1, 0.15) is 5.75 Å². The molecule has 0 radical (unpaired) electrons. The predicted molar refractivity (Wildman–Crippen MR) is 67.5 cm³/mol. The van der Waals surface area contributed by atoms with Gasteiger partial charge in [-0.15, -0.1) is 5.10 Å². The van der Waals surface area contributed by atoms with Crippen molar-refractivity contribution in [2.75, 3.05) is 6.54 Å². The quantitative estimate of drug-likeness (QED) is 0.505. The standard InChI is InChI=1S/C12H11N5O2/c13-17-15-8-11(18)9-3-1-4-10(7-9)19-12-5-2-6-14-16-12/h1-7,11,18H,8H2. The van der Waals surface area contributed by atoms with E-state index in [1.165, 1.54) is 0 Å². The van der Waals surface area contributed by atoms with Crippen LogP contribution in [0.25, 0.3) is 10.4 Å². The van der Waals surface area contributed by atoms with Gasteiger partial charge in [0.2, 0.25) is 5.88 Å². The zero-order valence-electron chi connectivity index (χ0n) is 9.92. The predicted octanol–water partition coefficient (Wildman–Crippen LogP) is 2.61. The van der Waals surface area contributed by atoms with Crippen LogP contribution in [0.2, 0.25) is 0 Å². The number of aromatic nitrogens is 2. The van der Waals surface area contributed by atoms with Crippen molar-refractivity contribution in [3.8, 4) is 11.6 Å². The van der Waals surface area contributed by atoms with Crippen LogP contribution in [0.15, 0.2) is 47.7 Å². The maximum Gasteiger partial charge on any atom is 0.238 e. The van der Waals surface area contributed by atoms with Crippen LogP contribution in [0.3, 0.4) is 0 Å². The van der Waals surface area contributed by atoms with Gasteiger partial charge in [-0.1, -0.05) is 17.2 Å². The maximum atomic E-state index is 9.79. The number of hydrogen-bond acceptors (Lipinski definition) is 5. The normalized spacial score (nSPS) is 11.4. The first kappa shape index (κ1) is 12.8. The number of hydrogen-bond donors (Lipinski definition) is 1. The zero-order chi connectivity index (χ0) is 13.5. The molecule has 1 atom stereocenters. The van der Waals surface area contributed by atoms with Gasteiger partial charge in [-0.25, -0.2) is 0 Å². The van der Waals surface area contributed by atoms with Gasteiger partial charge in [-0.05, 0) is 29.3 Å². The van der Waals surface area contributed by atoms with Crippen LogP contribution in [-0.4, -0.2) is 21.8 Å². The number of benzene rings is 1. The summed E-state index contributed by atoms with van der Waals surface area (Å²) >= 11 is 0. The Balaban J connectivity index is 2.13. The Morgan fingerprint density at radius 2 is 2.26 bits per heavy atom. The van der Waals surface area contributed by atoms with Crippen molar-refractivity contribution < 1.29 is 9.84 Å². The van der Waals surface area contributed by atoms with E-state index in [1.54, 1.807) is 42.6 Å². The number of azide groups is 1. The van der Waals surface area contributed by atoms with Crippen LogP contribution < -0.4 is 4.74 Å². The number of rotatable bonds is 5. The first-order chi connectivity index (χ1) is 9.29. The van der Waals surface area contributed by atoms with Crippen LogP contribution in [-0.2, 0) is 0 Å². The van der Waals surface area contributed by atoms with E-state index in [4.69, 9.17) is 10.3 Å². The van der Waals surface area contributed by atoms with Gasteiger partial charge in [0.05, 0.1) is 12.6 Å². The largest absolute Gasteiger partial charge is 0.438 e. The Bertz CT molecular complexity index is 584. The second-order valence-electron chi connectivity index (χ2n) is 3.67. The molecule has 0 saturated heterocycles. The van der Waals surface area contributed by atoms with Crippen LogP contribution in [0.1, 0.15) is 11.7 Å². The molecule has 2 aromatic rings. The molecular formula is C12H11N5O2. The van der Waals surface area contributed by atoms with E-state index in [0.717, 1.165) is 0 Å². The molecule has 0 saturated carbocycles. The number of aliphatic hydroxyl groups is 1. The summed E-state index contributed by atoms with van der Waals surface area (Å²) in [7, 11) is 0. The maximum absolute atomic E-state index is 9.79. The molecule has 0 aliphatic heterocycles. The molecule has 7 heteroatoms. The highest BCUT2D eigenvalue weighted by Gasteiger charge is 2.07. The molecule has 1 unspecified atom stereocenters. The lowest BCUT2D eigenvalue weighted by Crippen LogP contribution is -2.01. The molecule has 0 aliphatic carbocycles. The Hall–Kier alpha value is -2.63. The van der Waals surface area contributed by atoms with E-state index in [2.05, 4.69) is 20.2 Å². The Labute approximate surface area is 109 Å². The highest BCUT2D eigenvalue weighted by molar-refractivity contribution is 5.32. The van der Waals surface area contributed by atoms with Crippen molar-refractivity contribution in [1.29, 1.82) is 0 Å². The molecule has 7 nitrogen and oxygen atoms in total. The second kappa shape index (κ2) is 6.34. The van der Waals surface area contributed by atoms with E-state index >= 15 is 0 Å². The van der Waals surface area contributed by atoms with E-state index in [9.17, 15) is 5.11 Å². The summed E-state index contributed by atoms with van der Waals surface area (Å²) in [5.41, 5.74) is 8.82. The molecule has 1 aromatic heterocycles. The van der Waals surface area contributed by atoms with E-state index in [0.29, 0.717) is 17.2 Å². The lowest BCUT2D eigenvalue weighted by molar-refractivity contribution is 0.186. The monoisotopic (exact) mass is 257 g/mol. The lowest BCUT2D eigenvalue weighted by Gasteiger charge is -2.10. The van der Waals surface area contributed by atoms with Crippen molar-refractivity contribution in [1.82, 2.24) is 10.2 Å². The molecule has 0 aliphatic rings. The van der Waals surface area contributed by atoms with Gasteiger partial charge in [-0.3, -0.25) is 0 Å². The third-order valence-electron chi connectivity index (χ3n) is 2.33. The van der Waals surface area contributed by atoms with Crippen molar-refractivity contribution in [2.24, 2.45) is 5.11 Å². The molecule has 1 aromatic carbocycles. The molecule has 1 N–H and O–H groups in total. The second-order valence-corrected chi connectivity index (χ2v) is 3.67. The van der Waals surface area contributed by atoms with Gasteiger partial charge >= 0.3 is 0 Å². The average molecular weight is 257 g/mol. The molecular weight excluding hydrogens is 246 g/mol. The van der Waals surface area contributed by atoms with Crippen molar-refractivity contribution >= 4 is 0 Å². The summed E-state index contributed by atoms with van der Waals surface area (Å²) in [6, 6.07) is 10.2. The topological polar surface area (TPSA) is 104 Å². The molecule has 0 fully saturated rings. The Morgan fingerprint density at radius 1 is 1.37 bits per heavy atom. The molecule has 0 bridgehead atoms. The Kier molecular flexibility index (Phi) is 4.28. The van der Waals surface area contributed by atoms with Crippen LogP contribution in [0.5, 0.6) is 11.6 Å². The Morgan fingerprint density at radius 3 is 3.00 bits per heavy atom. The number of ether oxygens (including phenoxy) is 1. The zero-order valence-corrected chi connectivity index (χ0v) is 9.92. The lowest BCUT2D eigenvalue weighted by atomic mass is 10.1. The van der Waals surface area contributed by atoms with Crippen molar-refractivity contribution in [2.45, 2.75) is 6.10 Å². The van der Waals surface area contributed by atoms with Gasteiger partial charge in [0, 0.05) is 17.2 Å². The molecule has 0 amide bonds. The SMILES string of the molecule is [N-]=[N+]=NCC(O)c1cccc(Oc2cccnn2)c1. The van der Waals surface area contributed by atoms with E-state index < -0.39 is 6.10 Å². The average Bonchev–Trinajstić information content (AvgIpc) is 2.46. The van der Waals surface area contributed by atoms with Crippen molar-refractivity contribution in [3.63, 3.8) is 0 Å². The van der Waals surface area contributed by atoms with Crippen LogP contribution >= 0.6 is 0 Å². The molecule has 96 valence electrons. The molecule has 2 rings (SSSR count). The number of nitrogens with zero attached hydrogens (tertiary/aromatic N) is 5. The molecule has 0 spiro atoms. The number of aliphatic hydroxyl groups excluding tert-OH is 1. The highest BCUT2D eigenvalue weighted by atomic mass is 16.5. The van der Waals surface area contributed by atoms with E-state index in [1.807, 2.05) is 0 Å². The molecule has 1 heterocycles. The third-order valence-corrected chi connectivity index (χ3v) is 2.33. The van der Waals surface area contributed by atoms with E-state index in [-0.39, 0.29) is 6.54 Å². The van der Waals surface area contributed by atoms with Gasteiger partial charge in [0.15, 0.2) is 0 Å². The smallest absolute Gasteiger partial charge is 0.238 e. The van der Waals surface area contributed by atoms with Gasteiger partial charge in [0.25, 0.3) is 0 Å². The first-order valence-corrected chi connectivity index (χ1v) is 5.54. The summed E-state index contributed by atoms with van der Waals surface area (Å²) in [5, 5.41) is 20.6. The van der Waals surface area contributed by atoms with Gasteiger partial charge in [-0.2, -0.15) is 5.10 Å². The fourth-order valence-electron chi connectivity index (χ4n) is 1.47. The van der Waals surface area contributed by atoms with Crippen LogP contribution in [0, 0.1) is 0 Å². The first-order valence-electron chi connectivity index (χ1n) is 5.54. The summed E-state index contributed by atoms with van der Waals surface area (Å²) < 4.78 is 5.49. The fourth-order valence-corrected chi connectivity index (χ4v) is 1.47. The van der Waals surface area contributed by atoms with Gasteiger partial charge < -0.3 is 9.84 Å². The summed E-state index contributed by atoms with van der Waals surface area (Å²) in [6.45, 7) is -0.0227. The minimum atomic E-state index is -0.860. The summed E-state index contributed by atoms with van der Waals surface area (Å²) in [4.78, 5) is 2.61. The molecule has 19 heavy (non-hydrogen) atoms.